The van der Waals surface area contributed by atoms with E-state index in [-0.39, 0.29) is 5.69 Å². The lowest BCUT2D eigenvalue weighted by Gasteiger charge is -2.19. The van der Waals surface area contributed by atoms with Gasteiger partial charge >= 0.3 is 5.69 Å². The number of ether oxygens (including phenoxy) is 1. The van der Waals surface area contributed by atoms with Crippen molar-refractivity contribution in [1.82, 2.24) is 0 Å². The van der Waals surface area contributed by atoms with Crippen LogP contribution in [0.25, 0.3) is 0 Å². The SMILES string of the molecule is COCC1CCN(c2cccc(NN)c2[N+](=O)[O-])C1. The monoisotopic (exact) mass is 266 g/mol. The van der Waals surface area contributed by atoms with Crippen molar-refractivity contribution in [3.8, 4) is 0 Å². The molecule has 2 rings (SSSR count). The van der Waals surface area contributed by atoms with Gasteiger partial charge in [-0.3, -0.25) is 16.0 Å². The number of nitrogen functional groups attached to an aromatic ring is 1. The van der Waals surface area contributed by atoms with Gasteiger partial charge in [0.25, 0.3) is 0 Å². The normalized spacial score (nSPS) is 18.6. The van der Waals surface area contributed by atoms with Crippen molar-refractivity contribution in [1.29, 1.82) is 0 Å². The number of para-hydroxylation sites is 1. The number of methoxy groups -OCH3 is 1. The minimum absolute atomic E-state index is 0.0306. The fourth-order valence-electron chi connectivity index (χ4n) is 2.52. The molecule has 1 unspecified atom stereocenters. The summed E-state index contributed by atoms with van der Waals surface area (Å²) in [6.07, 6.45) is 0.977. The summed E-state index contributed by atoms with van der Waals surface area (Å²) in [5.74, 6) is 5.75. The van der Waals surface area contributed by atoms with E-state index in [9.17, 15) is 10.1 Å². The Kier molecular flexibility index (Phi) is 4.18. The largest absolute Gasteiger partial charge is 0.384 e. The number of nitro benzene ring substituents is 1. The highest BCUT2D eigenvalue weighted by Gasteiger charge is 2.29. The molecule has 1 aliphatic heterocycles. The molecule has 0 amide bonds. The van der Waals surface area contributed by atoms with Gasteiger partial charge in [-0.2, -0.15) is 0 Å². The van der Waals surface area contributed by atoms with Crippen LogP contribution in [0.4, 0.5) is 17.1 Å². The molecule has 3 N–H and O–H groups in total. The van der Waals surface area contributed by atoms with Crippen LogP contribution < -0.4 is 16.2 Å². The molecule has 1 heterocycles. The van der Waals surface area contributed by atoms with Crippen molar-refractivity contribution in [3.63, 3.8) is 0 Å². The van der Waals surface area contributed by atoms with Crippen LogP contribution in [0.1, 0.15) is 6.42 Å². The van der Waals surface area contributed by atoms with E-state index >= 15 is 0 Å². The van der Waals surface area contributed by atoms with E-state index in [1.807, 2.05) is 4.90 Å². The Hall–Kier alpha value is -1.86. The number of nitro groups is 1. The third-order valence-electron chi connectivity index (χ3n) is 3.38. The molecule has 7 heteroatoms. The number of hydrogen-bond donors (Lipinski definition) is 2. The topological polar surface area (TPSA) is 93.7 Å². The predicted molar refractivity (Wildman–Crippen MR) is 73.1 cm³/mol. The van der Waals surface area contributed by atoms with Crippen LogP contribution in [0.15, 0.2) is 18.2 Å². The summed E-state index contributed by atoms with van der Waals surface area (Å²) in [6, 6.07) is 5.12. The molecule has 0 spiro atoms. The number of hydrogen-bond acceptors (Lipinski definition) is 6. The maximum absolute atomic E-state index is 11.2. The molecule has 7 nitrogen and oxygen atoms in total. The molecule has 1 fully saturated rings. The van der Waals surface area contributed by atoms with E-state index in [0.717, 1.165) is 19.5 Å². The number of nitrogens with one attached hydrogen (secondary N) is 1. The van der Waals surface area contributed by atoms with E-state index in [1.54, 1.807) is 25.3 Å². The molecular weight excluding hydrogens is 248 g/mol. The van der Waals surface area contributed by atoms with E-state index in [2.05, 4.69) is 5.43 Å². The molecule has 0 bridgehead atoms. The predicted octanol–water partition coefficient (Wildman–Crippen LogP) is 1.35. The summed E-state index contributed by atoms with van der Waals surface area (Å²) < 4.78 is 5.14. The molecule has 1 aromatic rings. The molecule has 0 saturated carbocycles. The average molecular weight is 266 g/mol. The quantitative estimate of drug-likeness (QED) is 0.474. The van der Waals surface area contributed by atoms with Crippen molar-refractivity contribution in [2.45, 2.75) is 6.42 Å². The molecule has 19 heavy (non-hydrogen) atoms. The van der Waals surface area contributed by atoms with Crippen LogP contribution in [0, 0.1) is 16.0 Å². The summed E-state index contributed by atoms with van der Waals surface area (Å²) in [7, 11) is 1.67. The van der Waals surface area contributed by atoms with Crippen LogP contribution in [-0.4, -0.2) is 31.7 Å². The molecule has 1 aliphatic rings. The zero-order chi connectivity index (χ0) is 13.8. The Morgan fingerprint density at radius 3 is 3.05 bits per heavy atom. The Balaban J connectivity index is 2.28. The zero-order valence-electron chi connectivity index (χ0n) is 10.8. The Morgan fingerprint density at radius 2 is 2.42 bits per heavy atom. The second-order valence-electron chi connectivity index (χ2n) is 4.63. The molecule has 0 aromatic heterocycles. The highest BCUT2D eigenvalue weighted by molar-refractivity contribution is 5.76. The number of nitrogens with two attached hydrogens (primary N) is 1. The van der Waals surface area contributed by atoms with Crippen molar-refractivity contribution in [3.05, 3.63) is 28.3 Å². The standard InChI is InChI=1S/C12H18N4O3/c1-19-8-9-5-6-15(7-9)11-4-2-3-10(14-13)12(11)16(17)18/h2-4,9,14H,5-8,13H2,1H3. The number of nitrogens with zero attached hydrogens (tertiary/aromatic N) is 2. The average Bonchev–Trinajstić information content (AvgIpc) is 2.86. The molecule has 1 aromatic carbocycles. The van der Waals surface area contributed by atoms with E-state index in [0.29, 0.717) is 23.9 Å². The van der Waals surface area contributed by atoms with Crippen LogP contribution >= 0.6 is 0 Å². The van der Waals surface area contributed by atoms with Gasteiger partial charge in [0.15, 0.2) is 0 Å². The van der Waals surface area contributed by atoms with Gasteiger partial charge in [-0.25, -0.2) is 0 Å². The van der Waals surface area contributed by atoms with Gasteiger partial charge in [0.05, 0.1) is 11.5 Å². The van der Waals surface area contributed by atoms with Gasteiger partial charge in [0.1, 0.15) is 11.4 Å². The van der Waals surface area contributed by atoms with E-state index < -0.39 is 4.92 Å². The second-order valence-corrected chi connectivity index (χ2v) is 4.63. The highest BCUT2D eigenvalue weighted by atomic mass is 16.6. The Bertz CT molecular complexity index is 466. The maximum Gasteiger partial charge on any atom is 0.316 e. The van der Waals surface area contributed by atoms with Gasteiger partial charge in [-0.05, 0) is 18.6 Å². The van der Waals surface area contributed by atoms with Crippen LogP contribution in [0.5, 0.6) is 0 Å². The number of anilines is 2. The third-order valence-corrected chi connectivity index (χ3v) is 3.38. The van der Waals surface area contributed by atoms with E-state index in [1.165, 1.54) is 0 Å². The summed E-state index contributed by atoms with van der Waals surface area (Å²) in [4.78, 5) is 12.8. The Labute approximate surface area is 111 Å². The molecule has 0 radical (unpaired) electrons. The number of benzene rings is 1. The van der Waals surface area contributed by atoms with Crippen molar-refractivity contribution < 1.29 is 9.66 Å². The summed E-state index contributed by atoms with van der Waals surface area (Å²) in [5, 5.41) is 11.2. The van der Waals surface area contributed by atoms with Crippen LogP contribution in [0.2, 0.25) is 0 Å². The first-order valence-electron chi connectivity index (χ1n) is 6.15. The zero-order valence-corrected chi connectivity index (χ0v) is 10.8. The number of rotatable bonds is 5. The number of hydrazine groups is 1. The summed E-state index contributed by atoms with van der Waals surface area (Å²) >= 11 is 0. The summed E-state index contributed by atoms with van der Waals surface area (Å²) in [5.41, 5.74) is 3.36. The van der Waals surface area contributed by atoms with Gasteiger partial charge in [0, 0.05) is 26.1 Å². The molecular formula is C12H18N4O3. The first-order chi connectivity index (χ1) is 9.17. The van der Waals surface area contributed by atoms with Crippen LogP contribution in [-0.2, 0) is 4.74 Å². The van der Waals surface area contributed by atoms with Gasteiger partial charge in [-0.15, -0.1) is 0 Å². The lowest BCUT2D eigenvalue weighted by molar-refractivity contribution is -0.383. The fourth-order valence-corrected chi connectivity index (χ4v) is 2.52. The van der Waals surface area contributed by atoms with Crippen LogP contribution in [0.3, 0.4) is 0 Å². The van der Waals surface area contributed by atoms with E-state index in [4.69, 9.17) is 10.6 Å². The fraction of sp³-hybridized carbons (Fsp3) is 0.500. The Morgan fingerprint density at radius 1 is 1.63 bits per heavy atom. The van der Waals surface area contributed by atoms with Crippen molar-refractivity contribution in [2.75, 3.05) is 37.1 Å². The maximum atomic E-state index is 11.2. The molecule has 104 valence electrons. The van der Waals surface area contributed by atoms with Crippen molar-refractivity contribution in [2.24, 2.45) is 11.8 Å². The first kappa shape index (κ1) is 13.6. The lowest BCUT2D eigenvalue weighted by Crippen LogP contribution is -2.22. The molecule has 1 saturated heterocycles. The van der Waals surface area contributed by atoms with Gasteiger partial charge in [-0.1, -0.05) is 6.07 Å². The third kappa shape index (κ3) is 2.77. The minimum Gasteiger partial charge on any atom is -0.384 e. The molecule has 0 aliphatic carbocycles. The van der Waals surface area contributed by atoms with Crippen molar-refractivity contribution >= 4 is 17.1 Å². The first-order valence-corrected chi connectivity index (χ1v) is 6.15. The van der Waals surface area contributed by atoms with Gasteiger partial charge < -0.3 is 15.1 Å². The second kappa shape index (κ2) is 5.85. The van der Waals surface area contributed by atoms with Gasteiger partial charge in [0.2, 0.25) is 0 Å². The lowest BCUT2D eigenvalue weighted by atomic mass is 10.1. The highest BCUT2D eigenvalue weighted by Crippen LogP contribution is 2.37. The minimum atomic E-state index is -0.395. The summed E-state index contributed by atoms with van der Waals surface area (Å²) in [6.45, 7) is 2.24. The molecule has 1 atom stereocenters. The smallest absolute Gasteiger partial charge is 0.316 e.